The van der Waals surface area contributed by atoms with Crippen LogP contribution in [0.5, 0.6) is 0 Å². The Morgan fingerprint density at radius 3 is 2.80 bits per heavy atom. The quantitative estimate of drug-likeness (QED) is 0.852. The molecule has 2 saturated heterocycles. The fourth-order valence-electron chi connectivity index (χ4n) is 4.17. The number of hydrogen-bond donors (Lipinski definition) is 1. The Balaban J connectivity index is 1.46. The second kappa shape index (κ2) is 6.73. The van der Waals surface area contributed by atoms with Crippen LogP contribution in [0.4, 0.5) is 0 Å². The van der Waals surface area contributed by atoms with Crippen LogP contribution < -0.4 is 5.32 Å². The highest BCUT2D eigenvalue weighted by molar-refractivity contribution is 4.92. The van der Waals surface area contributed by atoms with Crippen LogP contribution >= 0.6 is 0 Å². The third-order valence-electron chi connectivity index (χ3n) is 5.22. The molecule has 3 fully saturated rings. The van der Waals surface area contributed by atoms with Crippen molar-refractivity contribution in [3.63, 3.8) is 0 Å². The molecule has 2 heterocycles. The monoisotopic (exact) mass is 282 g/mol. The topological polar surface area (TPSA) is 33.7 Å². The lowest BCUT2D eigenvalue weighted by molar-refractivity contribution is -0.0870. The van der Waals surface area contributed by atoms with Gasteiger partial charge in [0.15, 0.2) is 0 Å². The summed E-state index contributed by atoms with van der Waals surface area (Å²) in [6, 6.07) is 0. The molecule has 4 heteroatoms. The minimum absolute atomic E-state index is 0.263. The lowest BCUT2D eigenvalue weighted by atomic mass is 9.83. The van der Waals surface area contributed by atoms with Gasteiger partial charge in [-0.1, -0.05) is 19.3 Å². The summed E-state index contributed by atoms with van der Waals surface area (Å²) in [6.45, 7) is 5.03. The van der Waals surface area contributed by atoms with Crippen LogP contribution in [0.15, 0.2) is 0 Å². The van der Waals surface area contributed by atoms with Crippen LogP contribution in [-0.2, 0) is 9.47 Å². The summed E-state index contributed by atoms with van der Waals surface area (Å²) in [5.41, 5.74) is 0.263. The zero-order chi connectivity index (χ0) is 13.8. The number of ether oxygens (including phenoxy) is 2. The van der Waals surface area contributed by atoms with Gasteiger partial charge >= 0.3 is 0 Å². The molecule has 0 radical (unpaired) electrons. The molecule has 1 spiro atoms. The minimum atomic E-state index is 0.263. The molecule has 20 heavy (non-hydrogen) atoms. The van der Waals surface area contributed by atoms with E-state index >= 15 is 0 Å². The van der Waals surface area contributed by atoms with Gasteiger partial charge in [-0.2, -0.15) is 0 Å². The van der Waals surface area contributed by atoms with E-state index in [9.17, 15) is 0 Å². The molecule has 0 aromatic heterocycles. The van der Waals surface area contributed by atoms with Gasteiger partial charge in [0, 0.05) is 26.2 Å². The van der Waals surface area contributed by atoms with E-state index in [-0.39, 0.29) is 5.60 Å². The van der Waals surface area contributed by atoms with Gasteiger partial charge < -0.3 is 14.8 Å². The summed E-state index contributed by atoms with van der Waals surface area (Å²) in [6.07, 6.45) is 10.1. The summed E-state index contributed by atoms with van der Waals surface area (Å²) >= 11 is 0. The maximum Gasteiger partial charge on any atom is 0.0826 e. The van der Waals surface area contributed by atoms with E-state index in [1.165, 1.54) is 44.9 Å². The zero-order valence-corrected chi connectivity index (χ0v) is 12.9. The summed E-state index contributed by atoms with van der Waals surface area (Å²) < 4.78 is 12.3. The van der Waals surface area contributed by atoms with Crippen molar-refractivity contribution < 1.29 is 9.47 Å². The first kappa shape index (κ1) is 14.8. The summed E-state index contributed by atoms with van der Waals surface area (Å²) in [4.78, 5) is 2.54. The first-order chi connectivity index (χ1) is 9.80. The first-order valence-corrected chi connectivity index (χ1v) is 8.46. The predicted molar refractivity (Wildman–Crippen MR) is 80.0 cm³/mol. The van der Waals surface area contributed by atoms with Crippen molar-refractivity contribution in [1.29, 1.82) is 0 Å². The van der Waals surface area contributed by atoms with E-state index in [1.54, 1.807) is 0 Å². The van der Waals surface area contributed by atoms with Crippen molar-refractivity contribution in [2.45, 2.75) is 62.8 Å². The highest BCUT2D eigenvalue weighted by atomic mass is 16.5. The second-order valence-electron chi connectivity index (χ2n) is 6.83. The van der Waals surface area contributed by atoms with Crippen molar-refractivity contribution in [3.05, 3.63) is 0 Å². The molecule has 0 aromatic carbocycles. The highest BCUT2D eigenvalue weighted by Gasteiger charge is 2.41. The van der Waals surface area contributed by atoms with Crippen LogP contribution in [0.25, 0.3) is 0 Å². The van der Waals surface area contributed by atoms with Gasteiger partial charge in [0.05, 0.1) is 24.4 Å². The SMILES string of the molecule is CNCC1CN(CC2CCC3(CCCCC3)O2)CCO1. The molecule has 1 aliphatic carbocycles. The average molecular weight is 282 g/mol. The van der Waals surface area contributed by atoms with E-state index in [0.717, 1.165) is 32.8 Å². The average Bonchev–Trinajstić information content (AvgIpc) is 2.83. The third-order valence-corrected chi connectivity index (χ3v) is 5.22. The van der Waals surface area contributed by atoms with Gasteiger partial charge in [-0.3, -0.25) is 4.90 Å². The molecule has 2 atom stereocenters. The van der Waals surface area contributed by atoms with Crippen LogP contribution in [-0.4, -0.2) is 62.5 Å². The molecule has 1 saturated carbocycles. The van der Waals surface area contributed by atoms with Gasteiger partial charge in [-0.25, -0.2) is 0 Å². The molecule has 0 bridgehead atoms. The third kappa shape index (κ3) is 3.53. The number of nitrogens with one attached hydrogen (secondary N) is 1. The molecule has 2 unspecified atom stereocenters. The molecule has 3 aliphatic rings. The second-order valence-corrected chi connectivity index (χ2v) is 6.83. The number of likely N-dealkylation sites (N-methyl/N-ethyl adjacent to an activating group) is 1. The van der Waals surface area contributed by atoms with Crippen molar-refractivity contribution in [2.24, 2.45) is 0 Å². The Morgan fingerprint density at radius 2 is 2.00 bits per heavy atom. The van der Waals surface area contributed by atoms with Crippen molar-refractivity contribution in [1.82, 2.24) is 10.2 Å². The number of hydrogen-bond acceptors (Lipinski definition) is 4. The molecular weight excluding hydrogens is 252 g/mol. The van der Waals surface area contributed by atoms with Gasteiger partial charge in [-0.05, 0) is 32.7 Å². The lowest BCUT2D eigenvalue weighted by Gasteiger charge is -2.36. The standard InChI is InChI=1S/C16H30N2O2/c1-17-11-15-13-18(9-10-19-15)12-14-5-8-16(20-14)6-3-2-4-7-16/h14-15,17H,2-13H2,1H3. The number of rotatable bonds is 4. The largest absolute Gasteiger partial charge is 0.374 e. The minimum Gasteiger partial charge on any atom is -0.374 e. The van der Waals surface area contributed by atoms with Gasteiger partial charge in [-0.15, -0.1) is 0 Å². The van der Waals surface area contributed by atoms with Gasteiger partial charge in [0.25, 0.3) is 0 Å². The van der Waals surface area contributed by atoms with E-state index in [0.29, 0.717) is 12.2 Å². The highest BCUT2D eigenvalue weighted by Crippen LogP contribution is 2.42. The van der Waals surface area contributed by atoms with E-state index in [4.69, 9.17) is 9.47 Å². The maximum atomic E-state index is 6.49. The van der Waals surface area contributed by atoms with Crippen LogP contribution in [0, 0.1) is 0 Å². The van der Waals surface area contributed by atoms with E-state index in [1.807, 2.05) is 7.05 Å². The summed E-state index contributed by atoms with van der Waals surface area (Å²) in [5.74, 6) is 0. The molecular formula is C16H30N2O2. The van der Waals surface area contributed by atoms with Crippen molar-refractivity contribution in [2.75, 3.05) is 39.8 Å². The normalized spacial score (nSPS) is 34.6. The number of morpholine rings is 1. The summed E-state index contributed by atoms with van der Waals surface area (Å²) in [7, 11) is 2.00. The van der Waals surface area contributed by atoms with Crippen LogP contribution in [0.1, 0.15) is 44.9 Å². The Morgan fingerprint density at radius 1 is 1.15 bits per heavy atom. The fourth-order valence-corrected chi connectivity index (χ4v) is 4.17. The molecule has 116 valence electrons. The fraction of sp³-hybridized carbons (Fsp3) is 1.00. The zero-order valence-electron chi connectivity index (χ0n) is 12.9. The van der Waals surface area contributed by atoms with E-state index < -0.39 is 0 Å². The predicted octanol–water partition coefficient (Wildman–Crippen LogP) is 1.79. The molecule has 3 rings (SSSR count). The van der Waals surface area contributed by atoms with Crippen LogP contribution in [0.3, 0.4) is 0 Å². The summed E-state index contributed by atoms with van der Waals surface area (Å²) in [5, 5.41) is 3.22. The van der Waals surface area contributed by atoms with Crippen LogP contribution in [0.2, 0.25) is 0 Å². The Labute approximate surface area is 123 Å². The number of nitrogens with zero attached hydrogens (tertiary/aromatic N) is 1. The Hall–Kier alpha value is -0.160. The smallest absolute Gasteiger partial charge is 0.0826 e. The maximum absolute atomic E-state index is 6.49. The Bertz CT molecular complexity index is 303. The molecule has 0 amide bonds. The Kier molecular flexibility index (Phi) is 4.97. The first-order valence-electron chi connectivity index (χ1n) is 8.46. The van der Waals surface area contributed by atoms with Crippen molar-refractivity contribution >= 4 is 0 Å². The van der Waals surface area contributed by atoms with E-state index in [2.05, 4.69) is 10.2 Å². The molecule has 1 N–H and O–H groups in total. The van der Waals surface area contributed by atoms with Gasteiger partial charge in [0.2, 0.25) is 0 Å². The van der Waals surface area contributed by atoms with Crippen molar-refractivity contribution in [3.8, 4) is 0 Å². The molecule has 0 aromatic rings. The van der Waals surface area contributed by atoms with Gasteiger partial charge in [0.1, 0.15) is 0 Å². The molecule has 2 aliphatic heterocycles. The molecule has 4 nitrogen and oxygen atoms in total. The lowest BCUT2D eigenvalue weighted by Crippen LogP contribution is -2.48.